The van der Waals surface area contributed by atoms with Crippen LogP contribution in [0.1, 0.15) is 41.5 Å². The Morgan fingerprint density at radius 3 is 0.433 bits per heavy atom. The summed E-state index contributed by atoms with van der Waals surface area (Å²) in [6.45, 7) is 35.2. The highest BCUT2D eigenvalue weighted by Crippen LogP contribution is 2.00. The van der Waals surface area contributed by atoms with E-state index >= 15 is 0 Å². The van der Waals surface area contributed by atoms with Gasteiger partial charge in [-0.2, -0.15) is 0 Å². The third kappa shape index (κ3) is 11.4. The van der Waals surface area contributed by atoms with Crippen LogP contribution in [0.5, 0.6) is 0 Å². The summed E-state index contributed by atoms with van der Waals surface area (Å²) in [7, 11) is 0. The molecule has 180 valence electrons. The summed E-state index contributed by atoms with van der Waals surface area (Å²) >= 11 is 0. The van der Waals surface area contributed by atoms with E-state index in [1.54, 1.807) is 0 Å². The molecule has 0 amide bonds. The van der Waals surface area contributed by atoms with Crippen molar-refractivity contribution in [1.29, 1.82) is 0 Å². The van der Waals surface area contributed by atoms with Crippen molar-refractivity contribution in [1.82, 2.24) is 29.4 Å². The average molecular weight is 427 g/mol. The summed E-state index contributed by atoms with van der Waals surface area (Å²) in [4.78, 5) is 15.8. The molecule has 1 aliphatic rings. The first-order chi connectivity index (χ1) is 14.6. The van der Waals surface area contributed by atoms with Gasteiger partial charge in [0.2, 0.25) is 0 Å². The number of hydrogen-bond acceptors (Lipinski definition) is 6. The van der Waals surface area contributed by atoms with Gasteiger partial charge in [-0.3, -0.25) is 0 Å². The minimum Gasteiger partial charge on any atom is -0.301 e. The zero-order valence-electron chi connectivity index (χ0n) is 21.4. The normalized spacial score (nSPS) is 23.4. The number of rotatable bonds is 6. The molecule has 1 aliphatic heterocycles. The first kappa shape index (κ1) is 27.8. The molecule has 0 spiro atoms. The summed E-state index contributed by atoms with van der Waals surface area (Å²) in [5, 5.41) is 0. The lowest BCUT2D eigenvalue weighted by atomic mass is 10.3. The SMILES string of the molecule is CCN1CCN(CC)CCN(CC)CCN(CC)CCN(CC)CCN(CC)CC1. The lowest BCUT2D eigenvalue weighted by molar-refractivity contribution is 0.142. The van der Waals surface area contributed by atoms with Crippen LogP contribution < -0.4 is 0 Å². The van der Waals surface area contributed by atoms with Crippen molar-refractivity contribution in [3.8, 4) is 0 Å². The average Bonchev–Trinajstić information content (AvgIpc) is 2.78. The fraction of sp³-hybridized carbons (Fsp3) is 1.00. The molecule has 30 heavy (non-hydrogen) atoms. The van der Waals surface area contributed by atoms with Crippen molar-refractivity contribution >= 4 is 0 Å². The van der Waals surface area contributed by atoms with Gasteiger partial charge in [-0.25, -0.2) is 0 Å². The molecule has 0 bridgehead atoms. The fourth-order valence-electron chi connectivity index (χ4n) is 4.27. The van der Waals surface area contributed by atoms with Crippen molar-refractivity contribution in [2.75, 3.05) is 118 Å². The maximum Gasteiger partial charge on any atom is 0.0110 e. The predicted octanol–water partition coefficient (Wildman–Crippen LogP) is 1.93. The second-order valence-corrected chi connectivity index (χ2v) is 8.61. The van der Waals surface area contributed by atoms with Crippen LogP contribution in [0, 0.1) is 0 Å². The molecule has 1 heterocycles. The van der Waals surface area contributed by atoms with Gasteiger partial charge in [0.05, 0.1) is 0 Å². The van der Waals surface area contributed by atoms with E-state index in [0.717, 1.165) is 39.3 Å². The molecule has 1 saturated heterocycles. The number of likely N-dealkylation sites (N-methyl/N-ethyl adjacent to an activating group) is 6. The van der Waals surface area contributed by atoms with Gasteiger partial charge in [0.15, 0.2) is 0 Å². The Bertz CT molecular complexity index is 277. The monoisotopic (exact) mass is 426 g/mol. The van der Waals surface area contributed by atoms with Crippen molar-refractivity contribution in [3.05, 3.63) is 0 Å². The summed E-state index contributed by atoms with van der Waals surface area (Å²) in [5.41, 5.74) is 0. The van der Waals surface area contributed by atoms with Crippen LogP contribution in [-0.4, -0.2) is 147 Å². The Hall–Kier alpha value is -0.240. The van der Waals surface area contributed by atoms with Gasteiger partial charge in [0, 0.05) is 78.5 Å². The quantitative estimate of drug-likeness (QED) is 0.642. The maximum absolute atomic E-state index is 2.64. The van der Waals surface area contributed by atoms with E-state index < -0.39 is 0 Å². The van der Waals surface area contributed by atoms with E-state index in [0.29, 0.717) is 0 Å². The van der Waals surface area contributed by atoms with Crippen molar-refractivity contribution in [2.45, 2.75) is 41.5 Å². The van der Waals surface area contributed by atoms with Gasteiger partial charge in [-0.05, 0) is 39.3 Å². The molecular formula is C24H54N6. The first-order valence-corrected chi connectivity index (χ1v) is 12.9. The van der Waals surface area contributed by atoms with E-state index in [-0.39, 0.29) is 0 Å². The zero-order valence-corrected chi connectivity index (χ0v) is 21.4. The highest BCUT2D eigenvalue weighted by molar-refractivity contribution is 4.70. The topological polar surface area (TPSA) is 19.4 Å². The smallest absolute Gasteiger partial charge is 0.0110 e. The minimum absolute atomic E-state index is 1.16. The van der Waals surface area contributed by atoms with E-state index in [2.05, 4.69) is 70.9 Å². The van der Waals surface area contributed by atoms with Gasteiger partial charge in [0.25, 0.3) is 0 Å². The predicted molar refractivity (Wildman–Crippen MR) is 133 cm³/mol. The lowest BCUT2D eigenvalue weighted by Gasteiger charge is -2.33. The maximum atomic E-state index is 2.64. The Labute approximate surface area is 189 Å². The molecule has 0 aliphatic carbocycles. The molecule has 0 N–H and O–H groups in total. The van der Waals surface area contributed by atoms with Crippen molar-refractivity contribution in [3.63, 3.8) is 0 Å². The van der Waals surface area contributed by atoms with Crippen LogP contribution in [0.3, 0.4) is 0 Å². The highest BCUT2D eigenvalue weighted by atomic mass is 15.3. The van der Waals surface area contributed by atoms with Gasteiger partial charge in [-0.15, -0.1) is 0 Å². The largest absolute Gasteiger partial charge is 0.301 e. The molecule has 0 unspecified atom stereocenters. The molecule has 0 aromatic heterocycles. The Balaban J connectivity index is 2.78. The molecule has 1 rings (SSSR count). The molecule has 6 heteroatoms. The Kier molecular flexibility index (Phi) is 16.1. The van der Waals surface area contributed by atoms with Gasteiger partial charge in [0.1, 0.15) is 0 Å². The van der Waals surface area contributed by atoms with Crippen LogP contribution in [0.2, 0.25) is 0 Å². The van der Waals surface area contributed by atoms with E-state index in [1.165, 1.54) is 78.5 Å². The molecule has 6 nitrogen and oxygen atoms in total. The Morgan fingerprint density at radius 2 is 0.367 bits per heavy atom. The molecule has 0 aromatic rings. The summed E-state index contributed by atoms with van der Waals surface area (Å²) in [6, 6.07) is 0. The van der Waals surface area contributed by atoms with Crippen LogP contribution in [0.15, 0.2) is 0 Å². The molecular weight excluding hydrogens is 372 g/mol. The fourth-order valence-corrected chi connectivity index (χ4v) is 4.27. The van der Waals surface area contributed by atoms with Gasteiger partial charge in [-0.1, -0.05) is 41.5 Å². The minimum atomic E-state index is 1.16. The van der Waals surface area contributed by atoms with Crippen molar-refractivity contribution in [2.24, 2.45) is 0 Å². The third-order valence-corrected chi connectivity index (χ3v) is 7.08. The molecule has 0 saturated carbocycles. The van der Waals surface area contributed by atoms with Crippen molar-refractivity contribution < 1.29 is 0 Å². The van der Waals surface area contributed by atoms with Gasteiger partial charge < -0.3 is 29.4 Å². The molecule has 1 fully saturated rings. The summed E-state index contributed by atoms with van der Waals surface area (Å²) in [5.74, 6) is 0. The van der Waals surface area contributed by atoms with E-state index in [1.807, 2.05) is 0 Å². The number of nitrogens with zero attached hydrogens (tertiary/aromatic N) is 6. The third-order valence-electron chi connectivity index (χ3n) is 7.08. The Morgan fingerprint density at radius 1 is 0.267 bits per heavy atom. The number of hydrogen-bond donors (Lipinski definition) is 0. The van der Waals surface area contributed by atoms with Crippen LogP contribution in [0.25, 0.3) is 0 Å². The zero-order chi connectivity index (χ0) is 22.2. The summed E-state index contributed by atoms with van der Waals surface area (Å²) in [6.07, 6.45) is 0. The lowest BCUT2D eigenvalue weighted by Crippen LogP contribution is -2.45. The first-order valence-electron chi connectivity index (χ1n) is 12.9. The summed E-state index contributed by atoms with van der Waals surface area (Å²) < 4.78 is 0. The van der Waals surface area contributed by atoms with E-state index in [9.17, 15) is 0 Å². The molecule has 0 radical (unpaired) electrons. The van der Waals surface area contributed by atoms with Gasteiger partial charge >= 0.3 is 0 Å². The molecule has 0 aromatic carbocycles. The van der Waals surface area contributed by atoms with E-state index in [4.69, 9.17) is 0 Å². The highest BCUT2D eigenvalue weighted by Gasteiger charge is 2.14. The van der Waals surface area contributed by atoms with Crippen LogP contribution in [-0.2, 0) is 0 Å². The standard InChI is InChI=1S/C24H54N6/c1-7-25-13-15-26(8-2)17-19-28(10-4)21-23-30(12-6)24-22-29(11-5)20-18-27(9-3)16-14-25/h7-24H2,1-6H3. The molecule has 0 atom stereocenters. The van der Waals surface area contributed by atoms with Crippen LogP contribution >= 0.6 is 0 Å². The van der Waals surface area contributed by atoms with Crippen LogP contribution in [0.4, 0.5) is 0 Å². The second-order valence-electron chi connectivity index (χ2n) is 8.61. The second kappa shape index (κ2) is 17.3.